The Morgan fingerprint density at radius 2 is 1.74 bits per heavy atom. The standard InChI is InChI=1S/C21H21N3O7/c1-20(2)13-7-6-8-15(29-4)18(13)22(3)21(20)10-9-12-17(24(27)28)14(23(25)26)11-16(30-5)19(12)31-21/h6-11H,1-5H3. The predicted octanol–water partition coefficient (Wildman–Crippen LogP) is 4.05. The topological polar surface area (TPSA) is 117 Å². The number of nitrogens with zero attached hydrogens (tertiary/aromatic N) is 3. The number of anilines is 1. The molecule has 0 radical (unpaired) electrons. The molecule has 0 N–H and O–H groups in total. The molecule has 2 aliphatic rings. The maximum Gasteiger partial charge on any atom is 0.357 e. The van der Waals surface area contributed by atoms with E-state index >= 15 is 0 Å². The molecule has 0 amide bonds. The Morgan fingerprint density at radius 1 is 1.06 bits per heavy atom. The monoisotopic (exact) mass is 427 g/mol. The molecule has 0 aliphatic carbocycles. The van der Waals surface area contributed by atoms with E-state index in [1.54, 1.807) is 13.2 Å². The molecule has 0 fully saturated rings. The maximum atomic E-state index is 11.7. The zero-order chi connectivity index (χ0) is 22.7. The van der Waals surface area contributed by atoms with Gasteiger partial charge >= 0.3 is 11.4 Å². The van der Waals surface area contributed by atoms with Crippen LogP contribution in [-0.4, -0.2) is 36.8 Å². The third kappa shape index (κ3) is 2.50. The lowest BCUT2D eigenvalue weighted by atomic mass is 9.76. The van der Waals surface area contributed by atoms with E-state index in [2.05, 4.69) is 0 Å². The number of benzene rings is 2. The van der Waals surface area contributed by atoms with Gasteiger partial charge in [0.05, 0.1) is 41.2 Å². The van der Waals surface area contributed by atoms with Crippen LogP contribution < -0.4 is 19.1 Å². The van der Waals surface area contributed by atoms with Crippen molar-refractivity contribution in [3.05, 3.63) is 61.7 Å². The Bertz CT molecular complexity index is 1160. The third-order valence-corrected chi connectivity index (χ3v) is 6.19. The fraction of sp³-hybridized carbons (Fsp3) is 0.333. The zero-order valence-electron chi connectivity index (χ0n) is 17.7. The molecule has 1 atom stereocenters. The molecule has 0 bridgehead atoms. The second-order valence-corrected chi connectivity index (χ2v) is 7.88. The average molecular weight is 427 g/mol. The van der Waals surface area contributed by atoms with Gasteiger partial charge in [-0.25, -0.2) is 0 Å². The minimum Gasteiger partial charge on any atom is -0.495 e. The van der Waals surface area contributed by atoms with Gasteiger partial charge in [-0.15, -0.1) is 0 Å². The molecule has 2 aromatic carbocycles. The number of nitro groups is 2. The van der Waals surface area contributed by atoms with Gasteiger partial charge in [0.1, 0.15) is 11.3 Å². The summed E-state index contributed by atoms with van der Waals surface area (Å²) < 4.78 is 17.4. The van der Waals surface area contributed by atoms with E-state index in [0.717, 1.165) is 17.3 Å². The molecule has 0 saturated heterocycles. The van der Waals surface area contributed by atoms with Crippen LogP contribution in [0.1, 0.15) is 25.0 Å². The Kier molecular flexibility index (Phi) is 4.35. The lowest BCUT2D eigenvalue weighted by molar-refractivity contribution is -0.422. The van der Waals surface area contributed by atoms with Gasteiger partial charge < -0.3 is 19.1 Å². The van der Waals surface area contributed by atoms with Crippen LogP contribution in [0.25, 0.3) is 6.08 Å². The van der Waals surface area contributed by atoms with Crippen LogP contribution in [0, 0.1) is 20.2 Å². The van der Waals surface area contributed by atoms with Crippen LogP contribution in [0.2, 0.25) is 0 Å². The number of fused-ring (bicyclic) bond motifs is 2. The Labute approximate surface area is 177 Å². The third-order valence-electron chi connectivity index (χ3n) is 6.19. The Morgan fingerprint density at radius 3 is 2.32 bits per heavy atom. The van der Waals surface area contributed by atoms with Crippen LogP contribution in [0.15, 0.2) is 30.3 Å². The molecular weight excluding hydrogens is 406 g/mol. The summed E-state index contributed by atoms with van der Waals surface area (Å²) in [5, 5.41) is 23.2. The molecule has 0 aromatic heterocycles. The van der Waals surface area contributed by atoms with Gasteiger partial charge in [0.2, 0.25) is 5.72 Å². The van der Waals surface area contributed by atoms with E-state index in [-0.39, 0.29) is 17.1 Å². The lowest BCUT2D eigenvalue weighted by Crippen LogP contribution is -2.58. The summed E-state index contributed by atoms with van der Waals surface area (Å²) in [7, 11) is 4.76. The summed E-state index contributed by atoms with van der Waals surface area (Å²) >= 11 is 0. The van der Waals surface area contributed by atoms with Gasteiger partial charge in [0.25, 0.3) is 0 Å². The number of nitro benzene ring substituents is 2. The van der Waals surface area contributed by atoms with E-state index in [0.29, 0.717) is 5.75 Å². The van der Waals surface area contributed by atoms with E-state index < -0.39 is 32.4 Å². The summed E-state index contributed by atoms with van der Waals surface area (Å²) in [6.07, 6.45) is 3.20. The number of rotatable bonds is 4. The van der Waals surface area contributed by atoms with Crippen molar-refractivity contribution in [1.82, 2.24) is 0 Å². The quantitative estimate of drug-likeness (QED) is 0.530. The van der Waals surface area contributed by atoms with Crippen LogP contribution >= 0.6 is 0 Å². The molecule has 10 nitrogen and oxygen atoms in total. The maximum absolute atomic E-state index is 11.7. The number of hydrogen-bond acceptors (Lipinski definition) is 8. The molecule has 2 aromatic rings. The molecule has 162 valence electrons. The zero-order valence-corrected chi connectivity index (χ0v) is 17.7. The summed E-state index contributed by atoms with van der Waals surface area (Å²) in [6, 6.07) is 6.74. The first-order chi connectivity index (χ1) is 14.6. The van der Waals surface area contributed by atoms with Crippen molar-refractivity contribution in [2.75, 3.05) is 26.2 Å². The van der Waals surface area contributed by atoms with Crippen LogP contribution in [0.3, 0.4) is 0 Å². The number of ether oxygens (including phenoxy) is 3. The highest BCUT2D eigenvalue weighted by atomic mass is 16.6. The first kappa shape index (κ1) is 20.5. The Hall–Kier alpha value is -3.82. The number of hydrogen-bond donors (Lipinski definition) is 0. The molecule has 4 rings (SSSR count). The molecule has 2 aliphatic heterocycles. The van der Waals surface area contributed by atoms with Crippen molar-refractivity contribution < 1.29 is 24.1 Å². The minimum absolute atomic E-state index is 0.00574. The fourth-order valence-electron chi connectivity index (χ4n) is 4.60. The molecule has 10 heteroatoms. The first-order valence-corrected chi connectivity index (χ1v) is 9.44. The fourth-order valence-corrected chi connectivity index (χ4v) is 4.60. The summed E-state index contributed by atoms with van der Waals surface area (Å²) in [6.45, 7) is 3.99. The van der Waals surface area contributed by atoms with E-state index in [9.17, 15) is 20.2 Å². The second kappa shape index (κ2) is 6.59. The van der Waals surface area contributed by atoms with Crippen molar-refractivity contribution in [2.45, 2.75) is 25.0 Å². The SMILES string of the molecule is COc1cc([N+](=O)[O-])c([N+](=O)[O-])c2c1OC1(C=C2)N(C)c2c(OC)cccc2C1(C)C. The van der Waals surface area contributed by atoms with Gasteiger partial charge in [-0.3, -0.25) is 20.2 Å². The van der Waals surface area contributed by atoms with Crippen molar-refractivity contribution in [2.24, 2.45) is 0 Å². The van der Waals surface area contributed by atoms with Crippen molar-refractivity contribution in [3.63, 3.8) is 0 Å². The highest BCUT2D eigenvalue weighted by Gasteiger charge is 2.59. The molecule has 31 heavy (non-hydrogen) atoms. The van der Waals surface area contributed by atoms with Gasteiger partial charge in [-0.1, -0.05) is 12.1 Å². The van der Waals surface area contributed by atoms with E-state index in [1.807, 2.05) is 44.0 Å². The molecule has 0 saturated carbocycles. The molecular formula is C21H21N3O7. The summed E-state index contributed by atoms with van der Waals surface area (Å²) in [4.78, 5) is 23.5. The predicted molar refractivity (Wildman–Crippen MR) is 113 cm³/mol. The molecule has 2 heterocycles. The lowest BCUT2D eigenvalue weighted by Gasteiger charge is -2.45. The van der Waals surface area contributed by atoms with E-state index in [1.165, 1.54) is 13.2 Å². The first-order valence-electron chi connectivity index (χ1n) is 9.44. The summed E-state index contributed by atoms with van der Waals surface area (Å²) in [5.74, 6) is 0.784. The number of methoxy groups -OCH3 is 2. The van der Waals surface area contributed by atoms with E-state index in [4.69, 9.17) is 14.2 Å². The molecule has 1 spiro atoms. The number of likely N-dealkylation sites (N-methyl/N-ethyl adjacent to an activating group) is 1. The van der Waals surface area contributed by atoms with Crippen molar-refractivity contribution in [1.29, 1.82) is 0 Å². The normalized spacial score (nSPS) is 20.1. The largest absolute Gasteiger partial charge is 0.495 e. The summed E-state index contributed by atoms with van der Waals surface area (Å²) in [5.41, 5.74) is -1.19. The highest BCUT2D eigenvalue weighted by molar-refractivity contribution is 5.82. The van der Waals surface area contributed by atoms with Gasteiger partial charge in [-0.05, 0) is 37.6 Å². The van der Waals surface area contributed by atoms with Gasteiger partial charge in [-0.2, -0.15) is 0 Å². The smallest absolute Gasteiger partial charge is 0.357 e. The van der Waals surface area contributed by atoms with Gasteiger partial charge in [0.15, 0.2) is 11.5 Å². The van der Waals surface area contributed by atoms with Crippen molar-refractivity contribution >= 4 is 23.1 Å². The Balaban J connectivity index is 1.98. The van der Waals surface area contributed by atoms with Crippen LogP contribution in [-0.2, 0) is 5.41 Å². The van der Waals surface area contributed by atoms with Gasteiger partial charge in [0, 0.05) is 7.05 Å². The van der Waals surface area contributed by atoms with Crippen LogP contribution in [0.4, 0.5) is 17.1 Å². The van der Waals surface area contributed by atoms with Crippen LogP contribution in [0.5, 0.6) is 17.2 Å². The average Bonchev–Trinajstić information content (AvgIpc) is 2.90. The van der Waals surface area contributed by atoms with Crippen molar-refractivity contribution in [3.8, 4) is 17.2 Å². The number of para-hydroxylation sites is 1. The highest BCUT2D eigenvalue weighted by Crippen LogP contribution is 2.59. The molecule has 1 unspecified atom stereocenters. The second-order valence-electron chi connectivity index (χ2n) is 7.88. The minimum atomic E-state index is -1.08.